The Labute approximate surface area is 87.1 Å². The fraction of sp³-hybridized carbons (Fsp3) is 0.333. The summed E-state index contributed by atoms with van der Waals surface area (Å²) in [7, 11) is 1.47. The zero-order valence-corrected chi connectivity index (χ0v) is 8.54. The number of ether oxygens (including phenoxy) is 1. The minimum Gasteiger partial charge on any atom is -0.503 e. The molecule has 4 nitrogen and oxygen atoms in total. The molecule has 0 bridgehead atoms. The van der Waals surface area contributed by atoms with E-state index in [-0.39, 0.29) is 10.8 Å². The van der Waals surface area contributed by atoms with E-state index in [1.807, 2.05) is 0 Å². The summed E-state index contributed by atoms with van der Waals surface area (Å²) >= 11 is 5.71. The molecule has 0 aliphatic rings. The second kappa shape index (κ2) is 5.05. The number of hydrogen-bond acceptors (Lipinski definition) is 4. The normalized spacial score (nSPS) is 10.2. The van der Waals surface area contributed by atoms with Crippen LogP contribution in [0.4, 0.5) is 0 Å². The average molecular weight is 218 g/mol. The highest BCUT2D eigenvalue weighted by atomic mass is 35.5. The summed E-state index contributed by atoms with van der Waals surface area (Å²) in [4.78, 5) is 4.45. The molecule has 0 amide bonds. The second-order valence-corrected chi connectivity index (χ2v) is 3.12. The first-order valence-corrected chi connectivity index (χ1v) is 4.44. The summed E-state index contributed by atoms with van der Waals surface area (Å²) in [6, 6.07) is 3.37. The molecule has 0 fully saturated rings. The minimum atomic E-state index is -0.0521. The molecule has 0 radical (unpaired) electrons. The van der Waals surface area contributed by atoms with E-state index >= 15 is 0 Å². The third-order valence-electron chi connectivity index (χ3n) is 1.86. The molecular weight excluding hydrogens is 206 g/mol. The van der Waals surface area contributed by atoms with Gasteiger partial charge in [0.1, 0.15) is 0 Å². The van der Waals surface area contributed by atoms with Crippen LogP contribution in [0.1, 0.15) is 5.56 Å². The molecule has 0 saturated carbocycles. The maximum atomic E-state index is 9.55. The van der Waals surface area contributed by atoms with E-state index in [2.05, 4.69) is 4.84 Å². The number of methoxy groups -OCH3 is 1. The van der Waals surface area contributed by atoms with Crippen molar-refractivity contribution in [3.05, 3.63) is 22.7 Å². The van der Waals surface area contributed by atoms with E-state index in [0.717, 1.165) is 5.56 Å². The van der Waals surface area contributed by atoms with Gasteiger partial charge in [0.25, 0.3) is 0 Å². The average Bonchev–Trinajstić information content (AvgIpc) is 2.20. The molecule has 1 aromatic carbocycles. The molecule has 0 aliphatic carbocycles. The molecule has 5 heteroatoms. The van der Waals surface area contributed by atoms with Crippen molar-refractivity contribution in [3.8, 4) is 11.5 Å². The zero-order valence-electron chi connectivity index (χ0n) is 7.79. The molecule has 0 aromatic heterocycles. The standard InChI is InChI=1S/C9H12ClNO3/c1-13-9-6(4-5-14-11)2-3-7(10)8(9)12/h2-3,12H,4-5,11H2,1H3. The largest absolute Gasteiger partial charge is 0.503 e. The highest BCUT2D eigenvalue weighted by molar-refractivity contribution is 6.32. The number of nitrogens with two attached hydrogens (primary N) is 1. The van der Waals surface area contributed by atoms with Crippen molar-refractivity contribution in [2.75, 3.05) is 13.7 Å². The molecule has 0 heterocycles. The van der Waals surface area contributed by atoms with Gasteiger partial charge in [-0.15, -0.1) is 0 Å². The Morgan fingerprint density at radius 2 is 2.21 bits per heavy atom. The van der Waals surface area contributed by atoms with Gasteiger partial charge in [-0.3, -0.25) is 0 Å². The Bertz CT molecular complexity index is 317. The highest BCUT2D eigenvalue weighted by Gasteiger charge is 2.11. The molecule has 14 heavy (non-hydrogen) atoms. The summed E-state index contributed by atoms with van der Waals surface area (Å²) in [5.74, 6) is 5.22. The molecule has 78 valence electrons. The Morgan fingerprint density at radius 3 is 2.79 bits per heavy atom. The van der Waals surface area contributed by atoms with E-state index in [9.17, 15) is 5.11 Å². The molecule has 3 N–H and O–H groups in total. The van der Waals surface area contributed by atoms with Crippen LogP contribution in [0.15, 0.2) is 12.1 Å². The number of benzene rings is 1. The van der Waals surface area contributed by atoms with E-state index < -0.39 is 0 Å². The molecule has 1 aromatic rings. The van der Waals surface area contributed by atoms with Crippen molar-refractivity contribution in [2.45, 2.75) is 6.42 Å². The Morgan fingerprint density at radius 1 is 1.50 bits per heavy atom. The maximum Gasteiger partial charge on any atom is 0.177 e. The van der Waals surface area contributed by atoms with Crippen LogP contribution in [-0.4, -0.2) is 18.8 Å². The molecule has 0 atom stereocenters. The lowest BCUT2D eigenvalue weighted by molar-refractivity contribution is 0.140. The minimum absolute atomic E-state index is 0.0521. The van der Waals surface area contributed by atoms with Crippen LogP contribution in [0.5, 0.6) is 11.5 Å². The summed E-state index contributed by atoms with van der Waals surface area (Å²) in [5, 5.41) is 9.81. The van der Waals surface area contributed by atoms with Crippen molar-refractivity contribution >= 4 is 11.6 Å². The van der Waals surface area contributed by atoms with Crippen LogP contribution in [0, 0.1) is 0 Å². The van der Waals surface area contributed by atoms with Crippen molar-refractivity contribution in [1.29, 1.82) is 0 Å². The molecule has 0 saturated heterocycles. The number of aromatic hydroxyl groups is 1. The Balaban J connectivity index is 2.98. The summed E-state index contributed by atoms with van der Waals surface area (Å²) in [6.45, 7) is 0.359. The number of halogens is 1. The number of phenols is 1. The Kier molecular flexibility index (Phi) is 4.00. The summed E-state index contributed by atoms with van der Waals surface area (Å²) in [6.07, 6.45) is 0.560. The first-order valence-electron chi connectivity index (χ1n) is 4.06. The van der Waals surface area contributed by atoms with Gasteiger partial charge in [-0.2, -0.15) is 0 Å². The molecule has 0 unspecified atom stereocenters. The lowest BCUT2D eigenvalue weighted by Crippen LogP contribution is -2.04. The summed E-state index contributed by atoms with van der Waals surface area (Å²) < 4.78 is 5.02. The molecule has 0 spiro atoms. The van der Waals surface area contributed by atoms with Gasteiger partial charge in [0, 0.05) is 12.0 Å². The fourth-order valence-electron chi connectivity index (χ4n) is 1.18. The van der Waals surface area contributed by atoms with E-state index in [4.69, 9.17) is 22.2 Å². The summed E-state index contributed by atoms with van der Waals surface area (Å²) in [5.41, 5.74) is 0.805. The van der Waals surface area contributed by atoms with Crippen LogP contribution in [0.2, 0.25) is 5.02 Å². The van der Waals surface area contributed by atoms with Crippen molar-refractivity contribution in [3.63, 3.8) is 0 Å². The zero-order chi connectivity index (χ0) is 10.6. The van der Waals surface area contributed by atoms with Gasteiger partial charge >= 0.3 is 0 Å². The molecule has 0 aliphatic heterocycles. The maximum absolute atomic E-state index is 9.55. The smallest absolute Gasteiger partial charge is 0.177 e. The third kappa shape index (κ3) is 2.29. The number of rotatable bonds is 4. The van der Waals surface area contributed by atoms with Gasteiger partial charge in [-0.25, -0.2) is 5.90 Å². The lowest BCUT2D eigenvalue weighted by atomic mass is 10.1. The van der Waals surface area contributed by atoms with E-state index in [1.54, 1.807) is 12.1 Å². The van der Waals surface area contributed by atoms with E-state index in [0.29, 0.717) is 18.8 Å². The third-order valence-corrected chi connectivity index (χ3v) is 2.16. The van der Waals surface area contributed by atoms with Gasteiger partial charge in [-0.05, 0) is 6.07 Å². The van der Waals surface area contributed by atoms with Gasteiger partial charge in [0.15, 0.2) is 11.5 Å². The monoisotopic (exact) mass is 217 g/mol. The quantitative estimate of drug-likeness (QED) is 0.750. The van der Waals surface area contributed by atoms with E-state index in [1.165, 1.54) is 7.11 Å². The van der Waals surface area contributed by atoms with Gasteiger partial charge in [0.05, 0.1) is 18.7 Å². The number of hydrogen-bond donors (Lipinski definition) is 2. The van der Waals surface area contributed by atoms with Gasteiger partial charge < -0.3 is 14.7 Å². The van der Waals surface area contributed by atoms with Gasteiger partial charge in [-0.1, -0.05) is 17.7 Å². The molecule has 1 rings (SSSR count). The predicted molar refractivity (Wildman–Crippen MR) is 53.5 cm³/mol. The first kappa shape index (κ1) is 11.1. The van der Waals surface area contributed by atoms with Crippen LogP contribution in [0.25, 0.3) is 0 Å². The second-order valence-electron chi connectivity index (χ2n) is 2.71. The lowest BCUT2D eigenvalue weighted by Gasteiger charge is -2.10. The predicted octanol–water partition coefficient (Wildman–Crippen LogP) is 1.49. The van der Waals surface area contributed by atoms with Crippen LogP contribution in [-0.2, 0) is 11.3 Å². The van der Waals surface area contributed by atoms with Crippen molar-refractivity contribution < 1.29 is 14.7 Å². The van der Waals surface area contributed by atoms with Crippen LogP contribution >= 0.6 is 11.6 Å². The van der Waals surface area contributed by atoms with Crippen LogP contribution < -0.4 is 10.6 Å². The Hall–Kier alpha value is -0.970. The first-order chi connectivity index (χ1) is 6.70. The van der Waals surface area contributed by atoms with Crippen molar-refractivity contribution in [2.24, 2.45) is 5.90 Å². The van der Waals surface area contributed by atoms with Crippen LogP contribution in [0.3, 0.4) is 0 Å². The molecular formula is C9H12ClNO3. The van der Waals surface area contributed by atoms with Crippen molar-refractivity contribution in [1.82, 2.24) is 0 Å². The fourth-order valence-corrected chi connectivity index (χ4v) is 1.33. The topological polar surface area (TPSA) is 64.7 Å². The highest BCUT2D eigenvalue weighted by Crippen LogP contribution is 2.36. The van der Waals surface area contributed by atoms with Gasteiger partial charge in [0.2, 0.25) is 0 Å². The number of phenolic OH excluding ortho intramolecular Hbond substituents is 1. The SMILES string of the molecule is COc1c(CCON)ccc(Cl)c1O.